The Bertz CT molecular complexity index is 419. The monoisotopic (exact) mass is 246 g/mol. The molecule has 0 spiro atoms. The van der Waals surface area contributed by atoms with Gasteiger partial charge in [0.25, 0.3) is 5.56 Å². The lowest BCUT2D eigenvalue weighted by Crippen LogP contribution is -2.32. The van der Waals surface area contributed by atoms with Crippen molar-refractivity contribution < 1.29 is 0 Å². The molecular weight excluding hydrogens is 236 g/mol. The predicted octanol–water partition coefficient (Wildman–Crippen LogP) is 1.02. The Morgan fingerprint density at radius 3 is 2.62 bits per heavy atom. The molecule has 0 aliphatic heterocycles. The molecule has 0 aromatic carbocycles. The van der Waals surface area contributed by atoms with Gasteiger partial charge in [0, 0.05) is 12.2 Å². The van der Waals surface area contributed by atoms with E-state index in [0.717, 1.165) is 6.42 Å². The Balaban J connectivity index is 3.44. The molecule has 0 atom stereocenters. The zero-order chi connectivity index (χ0) is 10.0. The summed E-state index contributed by atoms with van der Waals surface area (Å²) < 4.78 is 1.98. The lowest BCUT2D eigenvalue weighted by molar-refractivity contribution is 0.610. The number of hydrogen-bond donors (Lipinski definition) is 1. The van der Waals surface area contributed by atoms with Crippen LogP contribution < -0.4 is 11.2 Å². The molecular formula is C8H11BrN2O2. The zero-order valence-corrected chi connectivity index (χ0v) is 9.14. The normalized spacial score (nSPS) is 10.4. The molecule has 72 valence electrons. The van der Waals surface area contributed by atoms with Crippen molar-refractivity contribution in [1.29, 1.82) is 0 Å². The minimum absolute atomic E-state index is 0.340. The van der Waals surface area contributed by atoms with Gasteiger partial charge in [0.1, 0.15) is 4.47 Å². The van der Waals surface area contributed by atoms with Crippen LogP contribution >= 0.6 is 15.9 Å². The summed E-state index contributed by atoms with van der Waals surface area (Å²) in [5.74, 6) is 0. The topological polar surface area (TPSA) is 54.9 Å². The number of aromatic nitrogens is 2. The van der Waals surface area contributed by atoms with E-state index >= 15 is 0 Å². The fourth-order valence-electron chi connectivity index (χ4n) is 1.15. The van der Waals surface area contributed by atoms with Crippen LogP contribution in [0.5, 0.6) is 0 Å². The highest BCUT2D eigenvalue weighted by atomic mass is 79.9. The maximum atomic E-state index is 11.3. The summed E-state index contributed by atoms with van der Waals surface area (Å²) in [7, 11) is 0. The molecule has 0 saturated carbocycles. The first kappa shape index (κ1) is 10.2. The van der Waals surface area contributed by atoms with E-state index in [1.807, 2.05) is 6.92 Å². The molecule has 1 heterocycles. The summed E-state index contributed by atoms with van der Waals surface area (Å²) in [6.45, 7) is 4.35. The standard InChI is InChI=1S/C8H11BrN2O2/c1-3-4-11-5(2)6(9)7(12)10-8(11)13/h3-4H2,1-2H3,(H,10,12,13). The van der Waals surface area contributed by atoms with Gasteiger partial charge in [-0.05, 0) is 29.3 Å². The van der Waals surface area contributed by atoms with E-state index in [2.05, 4.69) is 20.9 Å². The third kappa shape index (κ3) is 1.91. The van der Waals surface area contributed by atoms with Crippen molar-refractivity contribution in [1.82, 2.24) is 9.55 Å². The predicted molar refractivity (Wildman–Crippen MR) is 54.1 cm³/mol. The van der Waals surface area contributed by atoms with E-state index in [1.54, 1.807) is 11.5 Å². The fraction of sp³-hybridized carbons (Fsp3) is 0.500. The van der Waals surface area contributed by atoms with E-state index in [0.29, 0.717) is 16.7 Å². The number of nitrogens with zero attached hydrogens (tertiary/aromatic N) is 1. The van der Waals surface area contributed by atoms with Gasteiger partial charge in [-0.15, -0.1) is 0 Å². The molecule has 13 heavy (non-hydrogen) atoms. The highest BCUT2D eigenvalue weighted by molar-refractivity contribution is 9.10. The van der Waals surface area contributed by atoms with Crippen molar-refractivity contribution in [3.63, 3.8) is 0 Å². The molecule has 1 aromatic rings. The SMILES string of the molecule is CCCn1c(C)c(Br)c(=O)[nH]c1=O. The highest BCUT2D eigenvalue weighted by Crippen LogP contribution is 2.07. The number of halogens is 1. The van der Waals surface area contributed by atoms with Crippen LogP contribution in [0, 0.1) is 6.92 Å². The minimum atomic E-state index is -0.366. The molecule has 0 amide bonds. The fourth-order valence-corrected chi connectivity index (χ4v) is 1.46. The molecule has 0 radical (unpaired) electrons. The number of H-pyrrole nitrogens is 1. The second-order valence-electron chi connectivity index (χ2n) is 2.81. The maximum Gasteiger partial charge on any atom is 0.328 e. The van der Waals surface area contributed by atoms with Crippen LogP contribution in [0.15, 0.2) is 14.1 Å². The van der Waals surface area contributed by atoms with E-state index < -0.39 is 0 Å². The summed E-state index contributed by atoms with van der Waals surface area (Å²) in [5.41, 5.74) is -0.0296. The second-order valence-corrected chi connectivity index (χ2v) is 3.60. The smallest absolute Gasteiger partial charge is 0.297 e. The van der Waals surface area contributed by atoms with E-state index in [4.69, 9.17) is 0 Å². The third-order valence-electron chi connectivity index (χ3n) is 1.83. The summed E-state index contributed by atoms with van der Waals surface area (Å²) in [6, 6.07) is 0. The first-order valence-corrected chi connectivity index (χ1v) is 4.86. The number of aromatic amines is 1. The Labute approximate surface area is 83.7 Å². The number of hydrogen-bond acceptors (Lipinski definition) is 2. The Kier molecular flexibility index (Phi) is 3.08. The van der Waals surface area contributed by atoms with Gasteiger partial charge in [-0.2, -0.15) is 0 Å². The average molecular weight is 247 g/mol. The quantitative estimate of drug-likeness (QED) is 0.848. The lowest BCUT2D eigenvalue weighted by atomic mass is 10.4. The third-order valence-corrected chi connectivity index (χ3v) is 2.77. The van der Waals surface area contributed by atoms with Crippen LogP contribution in [0.1, 0.15) is 19.0 Å². The highest BCUT2D eigenvalue weighted by Gasteiger charge is 2.06. The van der Waals surface area contributed by atoms with Gasteiger partial charge in [0.15, 0.2) is 0 Å². The van der Waals surface area contributed by atoms with Crippen LogP contribution in [-0.2, 0) is 6.54 Å². The van der Waals surface area contributed by atoms with E-state index in [1.165, 1.54) is 0 Å². The van der Waals surface area contributed by atoms with Crippen molar-refractivity contribution in [2.75, 3.05) is 0 Å². The summed E-state index contributed by atoms with van der Waals surface area (Å²) in [6.07, 6.45) is 0.860. The first-order valence-electron chi connectivity index (χ1n) is 4.07. The minimum Gasteiger partial charge on any atom is -0.297 e. The van der Waals surface area contributed by atoms with Gasteiger partial charge in [-0.1, -0.05) is 6.92 Å². The van der Waals surface area contributed by atoms with E-state index in [-0.39, 0.29) is 11.2 Å². The molecule has 0 saturated heterocycles. The van der Waals surface area contributed by atoms with Crippen LogP contribution in [-0.4, -0.2) is 9.55 Å². The van der Waals surface area contributed by atoms with Crippen LogP contribution in [0.2, 0.25) is 0 Å². The number of nitrogens with one attached hydrogen (secondary N) is 1. The molecule has 4 nitrogen and oxygen atoms in total. The van der Waals surface area contributed by atoms with Crippen molar-refractivity contribution in [2.45, 2.75) is 26.8 Å². The van der Waals surface area contributed by atoms with Crippen molar-refractivity contribution in [3.05, 3.63) is 31.0 Å². The average Bonchev–Trinajstić information content (AvgIpc) is 2.09. The molecule has 0 aliphatic rings. The lowest BCUT2D eigenvalue weighted by Gasteiger charge is -2.07. The molecule has 0 aliphatic carbocycles. The largest absolute Gasteiger partial charge is 0.328 e. The van der Waals surface area contributed by atoms with Gasteiger partial charge < -0.3 is 0 Å². The van der Waals surface area contributed by atoms with Gasteiger partial charge in [0.2, 0.25) is 0 Å². The maximum absolute atomic E-state index is 11.3. The summed E-state index contributed by atoms with van der Waals surface area (Å²) in [5, 5.41) is 0. The van der Waals surface area contributed by atoms with Gasteiger partial charge in [-0.3, -0.25) is 14.3 Å². The van der Waals surface area contributed by atoms with Gasteiger partial charge >= 0.3 is 5.69 Å². The molecule has 0 unspecified atom stereocenters. The molecule has 1 aromatic heterocycles. The second kappa shape index (κ2) is 3.91. The number of rotatable bonds is 2. The van der Waals surface area contributed by atoms with Gasteiger partial charge in [-0.25, -0.2) is 4.79 Å². The first-order chi connectivity index (χ1) is 6.07. The van der Waals surface area contributed by atoms with Crippen molar-refractivity contribution >= 4 is 15.9 Å². The van der Waals surface area contributed by atoms with Crippen molar-refractivity contribution in [3.8, 4) is 0 Å². The molecule has 0 bridgehead atoms. The Morgan fingerprint density at radius 1 is 1.46 bits per heavy atom. The zero-order valence-electron chi connectivity index (χ0n) is 7.56. The molecule has 1 rings (SSSR count). The van der Waals surface area contributed by atoms with Crippen LogP contribution in [0.25, 0.3) is 0 Å². The molecule has 0 fully saturated rings. The van der Waals surface area contributed by atoms with Crippen LogP contribution in [0.3, 0.4) is 0 Å². The van der Waals surface area contributed by atoms with E-state index in [9.17, 15) is 9.59 Å². The molecule has 5 heteroatoms. The van der Waals surface area contributed by atoms with Crippen molar-refractivity contribution in [2.24, 2.45) is 0 Å². The molecule has 1 N–H and O–H groups in total. The van der Waals surface area contributed by atoms with Gasteiger partial charge in [0.05, 0.1) is 0 Å². The summed E-state index contributed by atoms with van der Waals surface area (Å²) >= 11 is 3.13. The Morgan fingerprint density at radius 2 is 2.08 bits per heavy atom. The summed E-state index contributed by atoms with van der Waals surface area (Å²) in [4.78, 5) is 24.6. The Hall–Kier alpha value is -0.840. The van der Waals surface area contributed by atoms with Crippen LogP contribution in [0.4, 0.5) is 0 Å².